The Morgan fingerprint density at radius 1 is 1.19 bits per heavy atom. The number of pyridine rings is 1. The van der Waals surface area contributed by atoms with Crippen LogP contribution in [0.1, 0.15) is 40.4 Å². The number of aromatic nitrogens is 1. The second-order valence-electron chi connectivity index (χ2n) is 6.43. The summed E-state index contributed by atoms with van der Waals surface area (Å²) in [5, 5.41) is 15.4. The molecule has 1 N–H and O–H groups in total. The van der Waals surface area contributed by atoms with Gasteiger partial charge in [0.05, 0.1) is 22.2 Å². The maximum absolute atomic E-state index is 12.6. The summed E-state index contributed by atoms with van der Waals surface area (Å²) in [6.45, 7) is 0. The number of nitrogens with one attached hydrogen (secondary N) is 1. The first-order valence-electron chi connectivity index (χ1n) is 8.59. The molecule has 1 aliphatic carbocycles. The summed E-state index contributed by atoms with van der Waals surface area (Å²) in [6, 6.07) is 15.3. The number of non-ortho nitro benzene ring substituents is 1. The van der Waals surface area contributed by atoms with Crippen molar-refractivity contribution in [3.63, 3.8) is 0 Å². The number of rotatable bonds is 5. The number of nitro benzene ring substituents is 1. The van der Waals surface area contributed by atoms with Gasteiger partial charge in [0.25, 0.3) is 11.6 Å². The molecule has 7 nitrogen and oxygen atoms in total. The summed E-state index contributed by atoms with van der Waals surface area (Å²) < 4.78 is 0. The van der Waals surface area contributed by atoms with E-state index in [0.717, 1.165) is 29.4 Å². The summed E-state index contributed by atoms with van der Waals surface area (Å²) >= 11 is 0. The Bertz CT molecular complexity index is 1060. The molecule has 0 spiro atoms. The molecule has 1 saturated carbocycles. The second-order valence-corrected chi connectivity index (χ2v) is 6.43. The minimum atomic E-state index is -0.464. The fourth-order valence-corrected chi connectivity index (χ4v) is 2.88. The van der Waals surface area contributed by atoms with Crippen LogP contribution in [0, 0.1) is 10.1 Å². The van der Waals surface area contributed by atoms with Crippen molar-refractivity contribution in [3.8, 4) is 0 Å². The third-order valence-corrected chi connectivity index (χ3v) is 4.46. The van der Waals surface area contributed by atoms with Gasteiger partial charge >= 0.3 is 0 Å². The highest BCUT2D eigenvalue weighted by Crippen LogP contribution is 2.40. The van der Waals surface area contributed by atoms with Gasteiger partial charge < -0.3 is 0 Å². The van der Waals surface area contributed by atoms with E-state index in [2.05, 4.69) is 15.5 Å². The predicted octanol–water partition coefficient (Wildman–Crippen LogP) is 3.78. The number of carbonyl (C=O) groups is 1. The smallest absolute Gasteiger partial charge is 0.267 e. The van der Waals surface area contributed by atoms with Gasteiger partial charge in [0.15, 0.2) is 0 Å². The molecule has 27 heavy (non-hydrogen) atoms. The van der Waals surface area contributed by atoms with E-state index in [1.807, 2.05) is 30.3 Å². The van der Waals surface area contributed by atoms with Crippen LogP contribution in [-0.2, 0) is 0 Å². The lowest BCUT2D eigenvalue weighted by molar-refractivity contribution is -0.384. The number of hydrazone groups is 1. The fraction of sp³-hybridized carbons (Fsp3) is 0.150. The summed E-state index contributed by atoms with van der Waals surface area (Å²) in [7, 11) is 0. The molecular weight excluding hydrogens is 344 g/mol. The van der Waals surface area contributed by atoms with Crippen LogP contribution >= 0.6 is 0 Å². The van der Waals surface area contributed by atoms with Crippen molar-refractivity contribution in [1.82, 2.24) is 10.4 Å². The summed E-state index contributed by atoms with van der Waals surface area (Å²) in [5.74, 6) is 0.124. The number of hydrogen-bond donors (Lipinski definition) is 1. The lowest BCUT2D eigenvalue weighted by atomic mass is 10.1. The molecular formula is C20H16N4O3. The normalized spacial score (nSPS) is 13.8. The molecule has 1 aliphatic rings. The first-order chi connectivity index (χ1) is 13.1. The number of fused-ring (bicyclic) bond motifs is 1. The molecule has 0 saturated heterocycles. The molecule has 0 bridgehead atoms. The van der Waals surface area contributed by atoms with Gasteiger partial charge in [-0.05, 0) is 42.7 Å². The Morgan fingerprint density at radius 2 is 1.93 bits per heavy atom. The van der Waals surface area contributed by atoms with Crippen LogP contribution in [0.15, 0.2) is 59.7 Å². The van der Waals surface area contributed by atoms with Crippen LogP contribution in [0.3, 0.4) is 0 Å². The van der Waals surface area contributed by atoms with Gasteiger partial charge in [-0.3, -0.25) is 19.9 Å². The molecule has 1 fully saturated rings. The van der Waals surface area contributed by atoms with Gasteiger partial charge in [-0.1, -0.05) is 18.2 Å². The van der Waals surface area contributed by atoms with Crippen molar-refractivity contribution in [2.24, 2.45) is 5.10 Å². The van der Waals surface area contributed by atoms with Gasteiger partial charge in [0.1, 0.15) is 0 Å². The van der Waals surface area contributed by atoms with Crippen molar-refractivity contribution in [2.75, 3.05) is 0 Å². The van der Waals surface area contributed by atoms with Gasteiger partial charge in [-0.15, -0.1) is 0 Å². The molecule has 2 aromatic carbocycles. The van der Waals surface area contributed by atoms with E-state index in [-0.39, 0.29) is 11.6 Å². The predicted molar refractivity (Wildman–Crippen MR) is 102 cm³/mol. The number of amides is 1. The Hall–Kier alpha value is -3.61. The molecule has 1 amide bonds. The van der Waals surface area contributed by atoms with Crippen molar-refractivity contribution < 1.29 is 9.72 Å². The van der Waals surface area contributed by atoms with Crippen molar-refractivity contribution in [3.05, 3.63) is 81.5 Å². The quantitative estimate of drug-likeness (QED) is 0.425. The van der Waals surface area contributed by atoms with Gasteiger partial charge in [0.2, 0.25) is 0 Å². The minimum absolute atomic E-state index is 0.00652. The number of hydrogen-bond acceptors (Lipinski definition) is 5. The monoisotopic (exact) mass is 360 g/mol. The van der Waals surface area contributed by atoms with Crippen molar-refractivity contribution >= 4 is 28.7 Å². The second kappa shape index (κ2) is 6.95. The first-order valence-corrected chi connectivity index (χ1v) is 8.59. The highest BCUT2D eigenvalue weighted by Gasteiger charge is 2.26. The molecule has 0 aliphatic heterocycles. The van der Waals surface area contributed by atoms with E-state index in [1.165, 1.54) is 18.3 Å². The number of para-hydroxylation sites is 1. The Labute approximate surface area is 154 Å². The Kier molecular flexibility index (Phi) is 4.33. The largest absolute Gasteiger partial charge is 0.272 e. The lowest BCUT2D eigenvalue weighted by Crippen LogP contribution is -2.18. The van der Waals surface area contributed by atoms with E-state index >= 15 is 0 Å². The highest BCUT2D eigenvalue weighted by atomic mass is 16.6. The fourth-order valence-electron chi connectivity index (χ4n) is 2.88. The lowest BCUT2D eigenvalue weighted by Gasteiger charge is -2.08. The third kappa shape index (κ3) is 3.67. The summed E-state index contributed by atoms with van der Waals surface area (Å²) in [5.41, 5.74) is 5.48. The Balaban J connectivity index is 1.55. The van der Waals surface area contributed by atoms with Crippen LogP contribution in [0.4, 0.5) is 5.69 Å². The highest BCUT2D eigenvalue weighted by molar-refractivity contribution is 6.06. The maximum Gasteiger partial charge on any atom is 0.272 e. The first kappa shape index (κ1) is 16.8. The standard InChI is InChI=1S/C20H16N4O3/c25-20(23-21-12-13-5-9-15(10-6-13)24(26)27)17-11-19(14-7-8-14)22-18-4-2-1-3-16(17)18/h1-6,9-12,14H,7-8H2,(H,23,25). The molecule has 0 unspecified atom stereocenters. The molecule has 134 valence electrons. The third-order valence-electron chi connectivity index (χ3n) is 4.46. The molecule has 7 heteroatoms. The van der Waals surface area contributed by atoms with Crippen LogP contribution in [0.5, 0.6) is 0 Å². The van der Waals surface area contributed by atoms with Crippen molar-refractivity contribution in [2.45, 2.75) is 18.8 Å². The van der Waals surface area contributed by atoms with Crippen molar-refractivity contribution in [1.29, 1.82) is 0 Å². The molecule has 3 aromatic rings. The molecule has 0 radical (unpaired) electrons. The maximum atomic E-state index is 12.6. The topological polar surface area (TPSA) is 97.5 Å². The van der Waals surface area contributed by atoms with Gasteiger partial charge in [0, 0.05) is 29.1 Å². The molecule has 1 heterocycles. The van der Waals surface area contributed by atoms with E-state index < -0.39 is 4.92 Å². The van der Waals surface area contributed by atoms with Gasteiger partial charge in [-0.2, -0.15) is 5.10 Å². The number of carbonyl (C=O) groups excluding carboxylic acids is 1. The zero-order valence-corrected chi connectivity index (χ0v) is 14.3. The molecule has 4 rings (SSSR count). The molecule has 1 aromatic heterocycles. The minimum Gasteiger partial charge on any atom is -0.267 e. The number of nitro groups is 1. The van der Waals surface area contributed by atoms with Crippen LogP contribution in [-0.4, -0.2) is 22.0 Å². The Morgan fingerprint density at radius 3 is 2.63 bits per heavy atom. The average molecular weight is 360 g/mol. The average Bonchev–Trinajstić information content (AvgIpc) is 3.52. The SMILES string of the molecule is O=C(NN=Cc1ccc([N+](=O)[O-])cc1)c1cc(C2CC2)nc2ccccc12. The molecule has 0 atom stereocenters. The summed E-state index contributed by atoms with van der Waals surface area (Å²) in [6.07, 6.45) is 3.65. The van der Waals surface area contributed by atoms with E-state index in [9.17, 15) is 14.9 Å². The van der Waals surface area contributed by atoms with E-state index in [1.54, 1.807) is 12.1 Å². The van der Waals surface area contributed by atoms with Crippen LogP contribution in [0.2, 0.25) is 0 Å². The zero-order chi connectivity index (χ0) is 18.8. The zero-order valence-electron chi connectivity index (χ0n) is 14.3. The van der Waals surface area contributed by atoms with E-state index in [4.69, 9.17) is 0 Å². The van der Waals surface area contributed by atoms with Gasteiger partial charge in [-0.25, -0.2) is 5.43 Å². The van der Waals surface area contributed by atoms with E-state index in [0.29, 0.717) is 17.0 Å². The number of benzene rings is 2. The number of nitrogens with zero attached hydrogens (tertiary/aromatic N) is 3. The summed E-state index contributed by atoms with van der Waals surface area (Å²) in [4.78, 5) is 27.5. The van der Waals surface area contributed by atoms with Crippen LogP contribution < -0.4 is 5.43 Å². The van der Waals surface area contributed by atoms with Crippen LogP contribution in [0.25, 0.3) is 10.9 Å².